The minimum atomic E-state index is -1.91. The first-order valence-electron chi connectivity index (χ1n) is 8.21. The van der Waals surface area contributed by atoms with E-state index in [-0.39, 0.29) is 23.3 Å². The van der Waals surface area contributed by atoms with Crippen LogP contribution in [0, 0.1) is 0 Å². The molecule has 0 heterocycles. The number of rotatable bonds is 8. The highest BCUT2D eigenvalue weighted by Crippen LogP contribution is 2.37. The Morgan fingerprint density at radius 1 is 1.26 bits per heavy atom. The summed E-state index contributed by atoms with van der Waals surface area (Å²) in [5.41, 5.74) is 0.288. The zero-order chi connectivity index (χ0) is 18.4. The van der Waals surface area contributed by atoms with Gasteiger partial charge in [0.25, 0.3) is 0 Å². The summed E-state index contributed by atoms with van der Waals surface area (Å²) >= 11 is 0. The second-order valence-electron chi connectivity index (χ2n) is 7.55. The molecular formula is C17H34O5Si. The van der Waals surface area contributed by atoms with Crippen molar-refractivity contribution in [2.45, 2.75) is 84.4 Å². The number of ether oxygens (including phenoxy) is 1. The van der Waals surface area contributed by atoms with Crippen molar-refractivity contribution in [1.82, 2.24) is 0 Å². The van der Waals surface area contributed by atoms with Crippen LogP contribution in [0.3, 0.4) is 0 Å². The van der Waals surface area contributed by atoms with Gasteiger partial charge in [-0.05, 0) is 45.0 Å². The summed E-state index contributed by atoms with van der Waals surface area (Å²) in [6, 6.07) is 0. The molecule has 0 saturated carbocycles. The molecule has 6 heteroatoms. The lowest BCUT2D eigenvalue weighted by Crippen LogP contribution is -2.44. The highest BCUT2D eigenvalue weighted by Gasteiger charge is 2.38. The first-order chi connectivity index (χ1) is 10.3. The molecule has 0 spiro atoms. The van der Waals surface area contributed by atoms with Gasteiger partial charge in [-0.3, -0.25) is 0 Å². The van der Waals surface area contributed by atoms with Gasteiger partial charge in [-0.15, -0.1) is 0 Å². The molecule has 3 atom stereocenters. The van der Waals surface area contributed by atoms with Crippen molar-refractivity contribution in [3.8, 4) is 0 Å². The number of aliphatic hydroxyl groups is 2. The van der Waals surface area contributed by atoms with Gasteiger partial charge in [-0.2, -0.15) is 0 Å². The Morgan fingerprint density at radius 3 is 2.22 bits per heavy atom. The Morgan fingerprint density at radius 2 is 1.78 bits per heavy atom. The van der Waals surface area contributed by atoms with Gasteiger partial charge in [0.1, 0.15) is 0 Å². The summed E-state index contributed by atoms with van der Waals surface area (Å²) in [5.74, 6) is -0.482. The molecule has 136 valence electrons. The van der Waals surface area contributed by atoms with Gasteiger partial charge in [0.05, 0.1) is 18.8 Å². The fourth-order valence-electron chi connectivity index (χ4n) is 1.89. The van der Waals surface area contributed by atoms with Crippen molar-refractivity contribution in [3.05, 3.63) is 11.6 Å². The number of esters is 1. The van der Waals surface area contributed by atoms with E-state index in [1.165, 1.54) is 6.08 Å². The van der Waals surface area contributed by atoms with Crippen LogP contribution in [0.5, 0.6) is 0 Å². The van der Waals surface area contributed by atoms with Gasteiger partial charge in [0, 0.05) is 18.1 Å². The second kappa shape index (κ2) is 8.96. The van der Waals surface area contributed by atoms with Crippen LogP contribution < -0.4 is 0 Å². The molecule has 0 aromatic rings. The Hall–Kier alpha value is -0.693. The second-order valence-corrected chi connectivity index (χ2v) is 12.3. The van der Waals surface area contributed by atoms with E-state index in [1.807, 2.05) is 6.92 Å². The molecule has 0 bridgehead atoms. The predicted molar refractivity (Wildman–Crippen MR) is 94.8 cm³/mol. The van der Waals surface area contributed by atoms with E-state index in [0.717, 1.165) is 0 Å². The number of carbonyl (C=O) groups excluding carboxylic acids is 1. The first kappa shape index (κ1) is 22.3. The lowest BCUT2D eigenvalue weighted by molar-refractivity contribution is -0.138. The van der Waals surface area contributed by atoms with Crippen molar-refractivity contribution < 1.29 is 24.2 Å². The lowest BCUT2D eigenvalue weighted by atomic mass is 10.1. The van der Waals surface area contributed by atoms with E-state index in [2.05, 4.69) is 33.9 Å². The van der Waals surface area contributed by atoms with E-state index in [4.69, 9.17) is 9.16 Å². The van der Waals surface area contributed by atoms with Crippen LogP contribution in [0.4, 0.5) is 0 Å². The van der Waals surface area contributed by atoms with Gasteiger partial charge in [-0.1, -0.05) is 20.8 Å². The van der Waals surface area contributed by atoms with Crippen LogP contribution in [0.2, 0.25) is 18.1 Å². The molecule has 23 heavy (non-hydrogen) atoms. The van der Waals surface area contributed by atoms with E-state index >= 15 is 0 Å². The summed E-state index contributed by atoms with van der Waals surface area (Å²) in [6.07, 6.45) is -0.636. The quantitative estimate of drug-likeness (QED) is 0.401. The molecule has 2 N–H and O–H groups in total. The minimum Gasteiger partial charge on any atom is -0.463 e. The van der Waals surface area contributed by atoms with Crippen LogP contribution in [0.1, 0.15) is 48.0 Å². The Bertz CT molecular complexity index is 412. The van der Waals surface area contributed by atoms with Crippen LogP contribution in [0.25, 0.3) is 0 Å². The maximum Gasteiger partial charge on any atom is 0.333 e. The van der Waals surface area contributed by atoms with Crippen LogP contribution in [-0.4, -0.2) is 49.4 Å². The maximum absolute atomic E-state index is 11.5. The molecule has 0 radical (unpaired) electrons. The van der Waals surface area contributed by atoms with Gasteiger partial charge >= 0.3 is 5.97 Å². The monoisotopic (exact) mass is 346 g/mol. The summed E-state index contributed by atoms with van der Waals surface area (Å²) in [5, 5.41) is 20.3. The molecule has 0 amide bonds. The third kappa shape index (κ3) is 7.61. The van der Waals surface area contributed by atoms with E-state index in [1.54, 1.807) is 13.8 Å². The zero-order valence-corrected chi connectivity index (χ0v) is 16.8. The van der Waals surface area contributed by atoms with Gasteiger partial charge in [-0.25, -0.2) is 4.79 Å². The average Bonchev–Trinajstić information content (AvgIpc) is 2.36. The number of hydrogen-bond donors (Lipinski definition) is 2. The first-order valence-corrected chi connectivity index (χ1v) is 11.1. The van der Waals surface area contributed by atoms with Crippen molar-refractivity contribution >= 4 is 14.3 Å². The molecule has 0 aliphatic heterocycles. The SMILES string of the molecule is CCOC(=O)/C(C)=C/[C@@H](O)[C@H](O)C[C@@H](C)O[Si](C)(C)C(C)(C)C. The minimum absolute atomic E-state index is 0.0885. The zero-order valence-electron chi connectivity index (χ0n) is 15.8. The smallest absolute Gasteiger partial charge is 0.333 e. The fraction of sp³-hybridized carbons (Fsp3) is 0.824. The fourth-order valence-corrected chi connectivity index (χ4v) is 3.34. The van der Waals surface area contributed by atoms with E-state index in [9.17, 15) is 15.0 Å². The summed E-state index contributed by atoms with van der Waals surface area (Å²) < 4.78 is 11.0. The number of carbonyl (C=O) groups is 1. The normalized spacial score (nSPS) is 17.6. The lowest BCUT2D eigenvalue weighted by Gasteiger charge is -2.39. The van der Waals surface area contributed by atoms with Crippen LogP contribution >= 0.6 is 0 Å². The molecule has 0 aliphatic carbocycles. The summed E-state index contributed by atoms with van der Waals surface area (Å²) in [4.78, 5) is 11.5. The maximum atomic E-state index is 11.5. The molecular weight excluding hydrogens is 312 g/mol. The van der Waals surface area contributed by atoms with Crippen molar-refractivity contribution in [2.24, 2.45) is 0 Å². The van der Waals surface area contributed by atoms with Crippen LogP contribution in [-0.2, 0) is 14.0 Å². The molecule has 0 rings (SSSR count). The number of aliphatic hydroxyl groups excluding tert-OH is 2. The van der Waals surface area contributed by atoms with Crippen molar-refractivity contribution in [1.29, 1.82) is 0 Å². The topological polar surface area (TPSA) is 76.0 Å². The van der Waals surface area contributed by atoms with Gasteiger partial charge < -0.3 is 19.4 Å². The molecule has 0 aromatic carbocycles. The largest absolute Gasteiger partial charge is 0.463 e. The summed E-state index contributed by atoms with van der Waals surface area (Å²) in [7, 11) is -1.91. The Kier molecular flexibility index (Phi) is 8.69. The Labute approximate surface area is 141 Å². The molecule has 0 aromatic heterocycles. The Balaban J connectivity index is 4.66. The van der Waals surface area contributed by atoms with Gasteiger partial charge in [0.15, 0.2) is 8.32 Å². The van der Waals surface area contributed by atoms with Gasteiger partial charge in [0.2, 0.25) is 0 Å². The number of hydrogen-bond acceptors (Lipinski definition) is 5. The van der Waals surface area contributed by atoms with Crippen molar-refractivity contribution in [2.75, 3.05) is 6.61 Å². The highest BCUT2D eigenvalue weighted by atomic mass is 28.4. The predicted octanol–water partition coefficient (Wildman–Crippen LogP) is 3.02. The van der Waals surface area contributed by atoms with E-state index in [0.29, 0.717) is 6.42 Å². The highest BCUT2D eigenvalue weighted by molar-refractivity contribution is 6.74. The molecule has 5 nitrogen and oxygen atoms in total. The molecule has 0 saturated heterocycles. The standard InChI is InChI=1S/C17H34O5Si/c1-9-21-16(20)12(2)10-14(18)15(19)11-13(3)22-23(7,8)17(4,5)6/h10,13-15,18-19H,9,11H2,1-8H3/b12-10+/t13-,14-,15-/m1/s1. The van der Waals surface area contributed by atoms with Crippen LogP contribution in [0.15, 0.2) is 11.6 Å². The third-order valence-corrected chi connectivity index (χ3v) is 8.89. The average molecular weight is 347 g/mol. The van der Waals surface area contributed by atoms with Crippen molar-refractivity contribution in [3.63, 3.8) is 0 Å². The third-order valence-electron chi connectivity index (χ3n) is 4.29. The van der Waals surface area contributed by atoms with E-state index < -0.39 is 26.5 Å². The molecule has 0 aliphatic rings. The molecule has 0 unspecified atom stereocenters. The summed E-state index contributed by atoms with van der Waals surface area (Å²) in [6.45, 7) is 16.2. The molecule has 0 fully saturated rings.